The molecule has 0 bridgehead atoms. The van der Waals surface area contributed by atoms with Crippen LogP contribution in [0.3, 0.4) is 0 Å². The molecule has 8 heteroatoms. The van der Waals surface area contributed by atoms with E-state index in [4.69, 9.17) is 15.1 Å². The highest BCUT2D eigenvalue weighted by Crippen LogP contribution is 2.31. The van der Waals surface area contributed by atoms with E-state index in [1.165, 1.54) is 6.07 Å². The first-order valence-electron chi connectivity index (χ1n) is 13.4. The van der Waals surface area contributed by atoms with Gasteiger partial charge in [0.1, 0.15) is 11.6 Å². The average Bonchev–Trinajstić information content (AvgIpc) is 3.46. The summed E-state index contributed by atoms with van der Waals surface area (Å²) in [6.07, 6.45) is 1.86. The standard InChI is InChI=1S/C32H31N5O2S/c1-4-9-30-35-31-21(2)18-24(32-34-26-11-6-7-12-27(26)36(32)3)19-28(31)37(30)20-22-14-16-23(17-15-22)25-10-5-8-13-29(25)40(33,38)39/h5-8,10-19H,4,9,20H2,1-3H3,(H2,33,38,39). The lowest BCUT2D eigenvalue weighted by molar-refractivity contribution is 0.598. The first-order valence-corrected chi connectivity index (χ1v) is 14.9. The zero-order valence-corrected chi connectivity index (χ0v) is 23.6. The van der Waals surface area contributed by atoms with Gasteiger partial charge in [-0.25, -0.2) is 23.5 Å². The number of rotatable bonds is 7. The van der Waals surface area contributed by atoms with Crippen LogP contribution in [0, 0.1) is 6.92 Å². The Balaban J connectivity index is 1.42. The molecule has 7 nitrogen and oxygen atoms in total. The minimum absolute atomic E-state index is 0.124. The number of para-hydroxylation sites is 2. The van der Waals surface area contributed by atoms with Gasteiger partial charge in [-0.05, 0) is 60.4 Å². The van der Waals surface area contributed by atoms with Crippen LogP contribution < -0.4 is 5.14 Å². The number of hydrogen-bond acceptors (Lipinski definition) is 4. The number of aromatic nitrogens is 4. The van der Waals surface area contributed by atoms with Gasteiger partial charge in [0, 0.05) is 31.1 Å². The molecule has 40 heavy (non-hydrogen) atoms. The zero-order chi connectivity index (χ0) is 28.0. The first-order chi connectivity index (χ1) is 19.2. The van der Waals surface area contributed by atoms with E-state index in [9.17, 15) is 8.42 Å². The summed E-state index contributed by atoms with van der Waals surface area (Å²) in [6, 6.07) is 27.4. The van der Waals surface area contributed by atoms with Gasteiger partial charge in [0.2, 0.25) is 10.0 Å². The molecule has 2 aromatic heterocycles. The van der Waals surface area contributed by atoms with Gasteiger partial charge >= 0.3 is 0 Å². The second-order valence-electron chi connectivity index (χ2n) is 10.2. The van der Waals surface area contributed by atoms with Gasteiger partial charge in [0.25, 0.3) is 0 Å². The molecule has 6 aromatic rings. The summed E-state index contributed by atoms with van der Waals surface area (Å²) < 4.78 is 28.7. The number of fused-ring (bicyclic) bond motifs is 2. The predicted molar refractivity (Wildman–Crippen MR) is 161 cm³/mol. The van der Waals surface area contributed by atoms with E-state index in [-0.39, 0.29) is 4.90 Å². The third kappa shape index (κ3) is 4.59. The first kappa shape index (κ1) is 26.0. The van der Waals surface area contributed by atoms with E-state index in [2.05, 4.69) is 48.2 Å². The molecule has 0 saturated carbocycles. The van der Waals surface area contributed by atoms with Crippen molar-refractivity contribution in [2.24, 2.45) is 12.2 Å². The van der Waals surface area contributed by atoms with Crippen LogP contribution >= 0.6 is 0 Å². The monoisotopic (exact) mass is 549 g/mol. The molecule has 2 heterocycles. The molecule has 2 N–H and O–H groups in total. The number of hydrogen-bond donors (Lipinski definition) is 1. The van der Waals surface area contributed by atoms with Crippen LogP contribution in [0.5, 0.6) is 0 Å². The third-order valence-corrected chi connectivity index (χ3v) is 8.41. The van der Waals surface area contributed by atoms with E-state index in [1.54, 1.807) is 12.1 Å². The lowest BCUT2D eigenvalue weighted by atomic mass is 10.0. The molecule has 0 atom stereocenters. The number of imidazole rings is 2. The maximum atomic E-state index is 12.1. The maximum Gasteiger partial charge on any atom is 0.238 e. The lowest BCUT2D eigenvalue weighted by Gasteiger charge is -2.12. The Hall–Kier alpha value is -4.27. The minimum atomic E-state index is -3.83. The molecule has 0 amide bonds. The van der Waals surface area contributed by atoms with Crippen LogP contribution in [0.4, 0.5) is 0 Å². The summed E-state index contributed by atoms with van der Waals surface area (Å²) in [4.78, 5) is 10.1. The number of primary sulfonamides is 1. The molecule has 202 valence electrons. The van der Waals surface area contributed by atoms with Crippen molar-refractivity contribution in [2.45, 2.75) is 38.1 Å². The quantitative estimate of drug-likeness (QED) is 0.256. The fourth-order valence-electron chi connectivity index (χ4n) is 5.49. The highest BCUT2D eigenvalue weighted by molar-refractivity contribution is 7.89. The molecule has 0 aliphatic heterocycles. The van der Waals surface area contributed by atoms with Gasteiger partial charge in [0.05, 0.1) is 27.0 Å². The summed E-state index contributed by atoms with van der Waals surface area (Å²) in [6.45, 7) is 4.92. The Morgan fingerprint density at radius 1 is 0.850 bits per heavy atom. The highest BCUT2D eigenvalue weighted by atomic mass is 32.2. The second kappa shape index (κ2) is 10.0. The van der Waals surface area contributed by atoms with E-state index in [1.807, 2.05) is 48.5 Å². The van der Waals surface area contributed by atoms with Crippen molar-refractivity contribution in [3.63, 3.8) is 0 Å². The average molecular weight is 550 g/mol. The second-order valence-corrected chi connectivity index (χ2v) is 11.8. The SMILES string of the molecule is CCCc1nc2c(C)cc(-c3nc4ccccc4n3C)cc2n1Cc1ccc(-c2ccccc2S(N)(=O)=O)cc1. The van der Waals surface area contributed by atoms with Crippen LogP contribution in [0.25, 0.3) is 44.6 Å². The van der Waals surface area contributed by atoms with Crippen LogP contribution in [-0.4, -0.2) is 27.5 Å². The molecule has 0 aliphatic rings. The van der Waals surface area contributed by atoms with E-state index in [0.29, 0.717) is 12.1 Å². The highest BCUT2D eigenvalue weighted by Gasteiger charge is 2.18. The third-order valence-electron chi connectivity index (χ3n) is 7.44. The summed E-state index contributed by atoms with van der Waals surface area (Å²) in [5.41, 5.74) is 8.82. The molecular formula is C32H31N5O2S. The Morgan fingerprint density at radius 2 is 1.57 bits per heavy atom. The van der Waals surface area contributed by atoms with Crippen molar-refractivity contribution in [1.29, 1.82) is 0 Å². The normalized spacial score (nSPS) is 12.0. The number of nitrogens with two attached hydrogens (primary N) is 1. The van der Waals surface area contributed by atoms with E-state index in [0.717, 1.165) is 68.8 Å². The van der Waals surface area contributed by atoms with Crippen molar-refractivity contribution in [3.8, 4) is 22.5 Å². The van der Waals surface area contributed by atoms with Gasteiger partial charge in [-0.2, -0.15) is 0 Å². The predicted octanol–water partition coefficient (Wildman–Crippen LogP) is 6.21. The van der Waals surface area contributed by atoms with Crippen LogP contribution in [0.15, 0.2) is 89.8 Å². The molecule has 0 aliphatic carbocycles. The Morgan fingerprint density at radius 3 is 2.30 bits per heavy atom. The van der Waals surface area contributed by atoms with Crippen molar-refractivity contribution in [1.82, 2.24) is 19.1 Å². The van der Waals surface area contributed by atoms with Crippen LogP contribution in [0.1, 0.15) is 30.3 Å². The summed E-state index contributed by atoms with van der Waals surface area (Å²) >= 11 is 0. The smallest absolute Gasteiger partial charge is 0.238 e. The van der Waals surface area contributed by atoms with Crippen molar-refractivity contribution >= 4 is 32.1 Å². The Bertz CT molecular complexity index is 1990. The van der Waals surface area contributed by atoms with E-state index < -0.39 is 10.0 Å². The molecule has 4 aromatic carbocycles. The number of nitrogens with zero attached hydrogens (tertiary/aromatic N) is 4. The van der Waals surface area contributed by atoms with Gasteiger partial charge in [-0.15, -0.1) is 0 Å². The summed E-state index contributed by atoms with van der Waals surface area (Å²) in [5, 5.41) is 5.47. The van der Waals surface area contributed by atoms with Gasteiger partial charge in [0.15, 0.2) is 0 Å². The Labute approximate surface area is 234 Å². The van der Waals surface area contributed by atoms with Crippen molar-refractivity contribution < 1.29 is 8.42 Å². The fraction of sp³-hybridized carbons (Fsp3) is 0.188. The molecule has 0 unspecified atom stereocenters. The van der Waals surface area contributed by atoms with Crippen molar-refractivity contribution in [3.05, 3.63) is 102 Å². The van der Waals surface area contributed by atoms with Gasteiger partial charge < -0.3 is 9.13 Å². The molecule has 0 fully saturated rings. The largest absolute Gasteiger partial charge is 0.327 e. The minimum Gasteiger partial charge on any atom is -0.327 e. The molecule has 0 spiro atoms. The molecule has 0 radical (unpaired) electrons. The molecular weight excluding hydrogens is 518 g/mol. The van der Waals surface area contributed by atoms with Gasteiger partial charge in [-0.3, -0.25) is 0 Å². The fourth-order valence-corrected chi connectivity index (χ4v) is 6.25. The zero-order valence-electron chi connectivity index (χ0n) is 22.8. The lowest BCUT2D eigenvalue weighted by Crippen LogP contribution is -2.13. The van der Waals surface area contributed by atoms with Gasteiger partial charge in [-0.1, -0.05) is 61.5 Å². The maximum absolute atomic E-state index is 12.1. The van der Waals surface area contributed by atoms with Crippen LogP contribution in [0.2, 0.25) is 0 Å². The Kier molecular flexibility index (Phi) is 6.52. The van der Waals surface area contributed by atoms with Crippen molar-refractivity contribution in [2.75, 3.05) is 0 Å². The molecule has 6 rings (SSSR count). The molecule has 0 saturated heterocycles. The summed E-state index contributed by atoms with van der Waals surface area (Å²) in [7, 11) is -1.78. The number of benzene rings is 4. The van der Waals surface area contributed by atoms with Crippen LogP contribution in [-0.2, 0) is 30.0 Å². The topological polar surface area (TPSA) is 95.8 Å². The number of aryl methyl sites for hydroxylation is 3. The van der Waals surface area contributed by atoms with E-state index >= 15 is 0 Å². The summed E-state index contributed by atoms with van der Waals surface area (Å²) in [5.74, 6) is 1.97. The number of sulfonamides is 1.